The van der Waals surface area contributed by atoms with Crippen LogP contribution in [0.3, 0.4) is 0 Å². The van der Waals surface area contributed by atoms with E-state index in [1.807, 2.05) is 55.5 Å². The number of carbonyl (C=O) groups excluding carboxylic acids is 1. The quantitative estimate of drug-likeness (QED) is 0.632. The summed E-state index contributed by atoms with van der Waals surface area (Å²) >= 11 is 0. The van der Waals surface area contributed by atoms with E-state index in [2.05, 4.69) is 35.2 Å². The summed E-state index contributed by atoms with van der Waals surface area (Å²) < 4.78 is 0. The molecule has 1 amide bonds. The first kappa shape index (κ1) is 19.5. The second-order valence-corrected chi connectivity index (χ2v) is 6.97. The monoisotopic (exact) mass is 374 g/mol. The summed E-state index contributed by atoms with van der Waals surface area (Å²) in [6.45, 7) is 7.46. The Balaban J connectivity index is 1.72. The number of anilines is 2. The lowest BCUT2D eigenvalue weighted by Gasteiger charge is -2.21. The zero-order valence-corrected chi connectivity index (χ0v) is 16.6. The zero-order chi connectivity index (χ0) is 19.9. The molecule has 28 heavy (non-hydrogen) atoms. The molecule has 5 nitrogen and oxygen atoms in total. The highest BCUT2D eigenvalue weighted by Crippen LogP contribution is 2.25. The standard InChI is InChI=1S/C23H26N4O/c1-4-27(16-18-10-6-5-7-11-18)22(28)19-14-24-23(25-15-19)26-21-13-9-8-12-20(21)17(2)3/h5-15,17H,4,16H2,1-3H3,(H,24,25,26). The van der Waals surface area contributed by atoms with Gasteiger partial charge in [-0.15, -0.1) is 0 Å². The molecule has 0 bridgehead atoms. The minimum Gasteiger partial charge on any atom is -0.335 e. The summed E-state index contributed by atoms with van der Waals surface area (Å²) in [5.41, 5.74) is 3.77. The van der Waals surface area contributed by atoms with Gasteiger partial charge in [-0.05, 0) is 30.0 Å². The Kier molecular flexibility index (Phi) is 6.37. The predicted molar refractivity (Wildman–Crippen MR) is 113 cm³/mol. The Labute approximate surface area is 166 Å². The molecule has 3 aromatic rings. The van der Waals surface area contributed by atoms with Crippen molar-refractivity contribution in [2.75, 3.05) is 11.9 Å². The number of hydrogen-bond donors (Lipinski definition) is 1. The summed E-state index contributed by atoms with van der Waals surface area (Å²) in [7, 11) is 0. The smallest absolute Gasteiger partial charge is 0.257 e. The zero-order valence-electron chi connectivity index (χ0n) is 16.6. The molecule has 3 rings (SSSR count). The van der Waals surface area contributed by atoms with Crippen LogP contribution in [0.15, 0.2) is 67.0 Å². The fraction of sp³-hybridized carbons (Fsp3) is 0.261. The van der Waals surface area contributed by atoms with Crippen molar-refractivity contribution in [1.29, 1.82) is 0 Å². The number of aromatic nitrogens is 2. The maximum atomic E-state index is 12.8. The highest BCUT2D eigenvalue weighted by molar-refractivity contribution is 5.93. The average Bonchev–Trinajstić information content (AvgIpc) is 2.73. The van der Waals surface area contributed by atoms with Gasteiger partial charge >= 0.3 is 0 Å². The van der Waals surface area contributed by atoms with Crippen molar-refractivity contribution in [3.05, 3.63) is 83.7 Å². The minimum atomic E-state index is -0.0690. The summed E-state index contributed by atoms with van der Waals surface area (Å²) in [5.74, 6) is 0.803. The van der Waals surface area contributed by atoms with Crippen molar-refractivity contribution in [2.24, 2.45) is 0 Å². The van der Waals surface area contributed by atoms with Crippen LogP contribution in [0, 0.1) is 0 Å². The number of nitrogens with zero attached hydrogens (tertiary/aromatic N) is 3. The van der Waals surface area contributed by atoms with Crippen LogP contribution in [0.2, 0.25) is 0 Å². The number of hydrogen-bond acceptors (Lipinski definition) is 4. The van der Waals surface area contributed by atoms with Crippen LogP contribution >= 0.6 is 0 Å². The number of para-hydroxylation sites is 1. The molecule has 1 N–H and O–H groups in total. The Hall–Kier alpha value is -3.21. The van der Waals surface area contributed by atoms with E-state index in [0.717, 1.165) is 11.3 Å². The van der Waals surface area contributed by atoms with E-state index in [9.17, 15) is 4.79 Å². The molecule has 2 aromatic carbocycles. The van der Waals surface area contributed by atoms with E-state index in [-0.39, 0.29) is 5.91 Å². The van der Waals surface area contributed by atoms with Crippen molar-refractivity contribution >= 4 is 17.5 Å². The van der Waals surface area contributed by atoms with Gasteiger partial charge in [0.1, 0.15) is 0 Å². The van der Waals surface area contributed by atoms with Gasteiger partial charge in [0.15, 0.2) is 0 Å². The molecule has 0 saturated carbocycles. The lowest BCUT2D eigenvalue weighted by atomic mass is 10.0. The van der Waals surface area contributed by atoms with E-state index in [1.165, 1.54) is 5.56 Å². The third-order valence-electron chi connectivity index (χ3n) is 4.61. The first-order valence-corrected chi connectivity index (χ1v) is 9.59. The van der Waals surface area contributed by atoms with E-state index < -0.39 is 0 Å². The molecule has 0 atom stereocenters. The van der Waals surface area contributed by atoms with Gasteiger partial charge in [0, 0.05) is 31.2 Å². The normalized spacial score (nSPS) is 10.7. The van der Waals surface area contributed by atoms with Crippen LogP contribution in [0.25, 0.3) is 0 Å². The van der Waals surface area contributed by atoms with Crippen molar-refractivity contribution in [2.45, 2.75) is 33.2 Å². The highest BCUT2D eigenvalue weighted by Gasteiger charge is 2.16. The topological polar surface area (TPSA) is 58.1 Å². The highest BCUT2D eigenvalue weighted by atomic mass is 16.2. The number of carbonyl (C=O) groups is 1. The van der Waals surface area contributed by atoms with Gasteiger partial charge in [0.25, 0.3) is 5.91 Å². The largest absolute Gasteiger partial charge is 0.335 e. The van der Waals surface area contributed by atoms with Crippen molar-refractivity contribution in [1.82, 2.24) is 14.9 Å². The summed E-state index contributed by atoms with van der Waals surface area (Å²) in [5, 5.41) is 3.26. The van der Waals surface area contributed by atoms with Gasteiger partial charge in [-0.3, -0.25) is 4.79 Å². The molecular formula is C23H26N4O. The van der Waals surface area contributed by atoms with Crippen molar-refractivity contribution < 1.29 is 4.79 Å². The minimum absolute atomic E-state index is 0.0690. The Morgan fingerprint density at radius 1 is 1.00 bits per heavy atom. The summed E-state index contributed by atoms with van der Waals surface area (Å²) in [6.07, 6.45) is 3.17. The number of rotatable bonds is 7. The SMILES string of the molecule is CCN(Cc1ccccc1)C(=O)c1cnc(Nc2ccccc2C(C)C)nc1. The Bertz CT molecular complexity index is 907. The molecule has 144 valence electrons. The third kappa shape index (κ3) is 4.74. The van der Waals surface area contributed by atoms with E-state index in [4.69, 9.17) is 0 Å². The lowest BCUT2D eigenvalue weighted by molar-refractivity contribution is 0.0752. The second kappa shape index (κ2) is 9.13. The molecule has 0 aliphatic rings. The van der Waals surface area contributed by atoms with Crippen LogP contribution in [0.5, 0.6) is 0 Å². The maximum Gasteiger partial charge on any atom is 0.257 e. The molecule has 1 aromatic heterocycles. The number of benzene rings is 2. The molecule has 0 saturated heterocycles. The molecule has 0 fully saturated rings. The molecular weight excluding hydrogens is 348 g/mol. The van der Waals surface area contributed by atoms with Crippen LogP contribution in [-0.4, -0.2) is 27.3 Å². The molecule has 0 aliphatic carbocycles. The Morgan fingerprint density at radius 2 is 1.64 bits per heavy atom. The van der Waals surface area contributed by atoms with E-state index in [1.54, 1.807) is 17.3 Å². The molecule has 5 heteroatoms. The van der Waals surface area contributed by atoms with Gasteiger partial charge < -0.3 is 10.2 Å². The van der Waals surface area contributed by atoms with Crippen molar-refractivity contribution in [3.63, 3.8) is 0 Å². The van der Waals surface area contributed by atoms with Gasteiger partial charge in [-0.1, -0.05) is 62.4 Å². The van der Waals surface area contributed by atoms with E-state index in [0.29, 0.717) is 30.5 Å². The van der Waals surface area contributed by atoms with Crippen molar-refractivity contribution in [3.8, 4) is 0 Å². The predicted octanol–water partition coefficient (Wildman–Crippen LogP) is 5.01. The van der Waals surface area contributed by atoms with Crippen LogP contribution in [-0.2, 0) is 6.54 Å². The molecule has 0 aliphatic heterocycles. The molecule has 0 spiro atoms. The van der Waals surface area contributed by atoms with Gasteiger partial charge in [-0.2, -0.15) is 0 Å². The van der Waals surface area contributed by atoms with E-state index >= 15 is 0 Å². The van der Waals surface area contributed by atoms with Gasteiger partial charge in [-0.25, -0.2) is 9.97 Å². The second-order valence-electron chi connectivity index (χ2n) is 6.97. The summed E-state index contributed by atoms with van der Waals surface area (Å²) in [6, 6.07) is 18.1. The summed E-state index contributed by atoms with van der Waals surface area (Å²) in [4.78, 5) is 23.3. The first-order chi connectivity index (χ1) is 13.6. The third-order valence-corrected chi connectivity index (χ3v) is 4.61. The number of amides is 1. The van der Waals surface area contributed by atoms with Crippen LogP contribution in [0.1, 0.15) is 48.2 Å². The average molecular weight is 374 g/mol. The lowest BCUT2D eigenvalue weighted by Crippen LogP contribution is -2.30. The van der Waals surface area contributed by atoms with Gasteiger partial charge in [0.2, 0.25) is 5.95 Å². The maximum absolute atomic E-state index is 12.8. The van der Waals surface area contributed by atoms with Crippen LogP contribution < -0.4 is 5.32 Å². The molecule has 0 radical (unpaired) electrons. The number of nitrogens with one attached hydrogen (secondary N) is 1. The van der Waals surface area contributed by atoms with Gasteiger partial charge in [0.05, 0.1) is 5.56 Å². The Morgan fingerprint density at radius 3 is 2.29 bits per heavy atom. The first-order valence-electron chi connectivity index (χ1n) is 9.59. The van der Waals surface area contributed by atoms with Crippen LogP contribution in [0.4, 0.5) is 11.6 Å². The molecule has 1 heterocycles. The fourth-order valence-electron chi connectivity index (χ4n) is 3.05. The molecule has 0 unspecified atom stereocenters. The fourth-order valence-corrected chi connectivity index (χ4v) is 3.05.